The van der Waals surface area contributed by atoms with Gasteiger partial charge in [-0.3, -0.25) is 4.79 Å². The molecule has 0 aromatic heterocycles. The van der Waals surface area contributed by atoms with Gasteiger partial charge in [0.05, 0.1) is 0 Å². The van der Waals surface area contributed by atoms with Gasteiger partial charge in [-0.05, 0) is 24.8 Å². The molecule has 0 bridgehead atoms. The van der Waals surface area contributed by atoms with Gasteiger partial charge in [0.25, 0.3) is 0 Å². The lowest BCUT2D eigenvalue weighted by molar-refractivity contribution is -0.143. The number of carboxylic acids is 1. The van der Waals surface area contributed by atoms with Crippen LogP contribution in [0.5, 0.6) is 0 Å². The summed E-state index contributed by atoms with van der Waals surface area (Å²) < 4.78 is 0. The summed E-state index contributed by atoms with van der Waals surface area (Å²) in [5, 5.41) is 12.1. The molecule has 4 nitrogen and oxygen atoms in total. The Balaban J connectivity index is 1.79. The highest BCUT2D eigenvalue weighted by Gasteiger charge is 2.62. The van der Waals surface area contributed by atoms with Gasteiger partial charge in [-0.2, -0.15) is 0 Å². The van der Waals surface area contributed by atoms with Crippen LogP contribution in [0.15, 0.2) is 30.3 Å². The lowest BCUT2D eigenvalue weighted by atomic mass is 10.1. The van der Waals surface area contributed by atoms with Crippen molar-refractivity contribution in [3.05, 3.63) is 35.9 Å². The number of benzene rings is 1. The maximum absolute atomic E-state index is 11.8. The molecular weight excluding hydrogens is 230 g/mol. The molecule has 2 aliphatic carbocycles. The SMILES string of the molecule is O=C(NC1(C(=O)O)CC1c1ccccc1)C1CC1. The largest absolute Gasteiger partial charge is 0.479 e. The van der Waals surface area contributed by atoms with Crippen LogP contribution in [0.2, 0.25) is 0 Å². The van der Waals surface area contributed by atoms with Gasteiger partial charge in [-0.25, -0.2) is 4.79 Å². The molecule has 3 rings (SSSR count). The third-order valence-corrected chi connectivity index (χ3v) is 3.84. The summed E-state index contributed by atoms with van der Waals surface area (Å²) in [4.78, 5) is 23.2. The quantitative estimate of drug-likeness (QED) is 0.845. The molecule has 18 heavy (non-hydrogen) atoms. The van der Waals surface area contributed by atoms with Crippen molar-refractivity contribution in [3.8, 4) is 0 Å². The highest BCUT2D eigenvalue weighted by molar-refractivity contribution is 5.93. The minimum absolute atomic E-state index is 0.0400. The zero-order valence-electron chi connectivity index (χ0n) is 9.93. The fourth-order valence-corrected chi connectivity index (χ4v) is 2.45. The second-order valence-electron chi connectivity index (χ2n) is 5.21. The number of hydrogen-bond donors (Lipinski definition) is 2. The van der Waals surface area contributed by atoms with E-state index in [4.69, 9.17) is 0 Å². The molecule has 2 saturated carbocycles. The summed E-state index contributed by atoms with van der Waals surface area (Å²) in [6.45, 7) is 0. The Bertz CT molecular complexity index is 495. The maximum Gasteiger partial charge on any atom is 0.330 e. The molecule has 2 N–H and O–H groups in total. The predicted molar refractivity (Wildman–Crippen MR) is 65.0 cm³/mol. The molecule has 2 unspecified atom stereocenters. The second kappa shape index (κ2) is 3.83. The summed E-state index contributed by atoms with van der Waals surface area (Å²) in [6.07, 6.45) is 2.26. The fourth-order valence-electron chi connectivity index (χ4n) is 2.45. The summed E-state index contributed by atoms with van der Waals surface area (Å²) in [5.74, 6) is -1.08. The van der Waals surface area contributed by atoms with E-state index in [0.717, 1.165) is 18.4 Å². The van der Waals surface area contributed by atoms with Crippen molar-refractivity contribution in [2.75, 3.05) is 0 Å². The zero-order valence-corrected chi connectivity index (χ0v) is 9.93. The molecular formula is C14H15NO3. The van der Waals surface area contributed by atoms with Gasteiger partial charge < -0.3 is 10.4 Å². The zero-order chi connectivity index (χ0) is 12.8. The molecule has 0 saturated heterocycles. The molecule has 4 heteroatoms. The van der Waals surface area contributed by atoms with E-state index in [-0.39, 0.29) is 17.7 Å². The number of amides is 1. The molecule has 1 aromatic carbocycles. The van der Waals surface area contributed by atoms with Gasteiger partial charge in [0.1, 0.15) is 5.54 Å². The lowest BCUT2D eigenvalue weighted by Gasteiger charge is -2.14. The van der Waals surface area contributed by atoms with E-state index < -0.39 is 11.5 Å². The number of hydrogen-bond acceptors (Lipinski definition) is 2. The molecule has 2 atom stereocenters. The molecule has 1 amide bonds. The Labute approximate surface area is 105 Å². The standard InChI is InChI=1S/C14H15NO3/c16-12(10-6-7-10)15-14(13(17)18)8-11(14)9-4-2-1-3-5-9/h1-5,10-11H,6-8H2,(H,15,16)(H,17,18). The molecule has 0 heterocycles. The van der Waals surface area contributed by atoms with Crippen molar-refractivity contribution >= 4 is 11.9 Å². The number of nitrogens with one attached hydrogen (secondary N) is 1. The topological polar surface area (TPSA) is 66.4 Å². The van der Waals surface area contributed by atoms with E-state index >= 15 is 0 Å². The molecule has 2 aliphatic rings. The minimum atomic E-state index is -1.07. The number of carboxylic acid groups (broad SMARTS) is 1. The molecule has 2 fully saturated rings. The van der Waals surface area contributed by atoms with Crippen LogP contribution in [0.4, 0.5) is 0 Å². The third-order valence-electron chi connectivity index (χ3n) is 3.84. The highest BCUT2D eigenvalue weighted by atomic mass is 16.4. The number of carbonyl (C=O) groups excluding carboxylic acids is 1. The Morgan fingerprint density at radius 2 is 1.89 bits per heavy atom. The molecule has 94 valence electrons. The summed E-state index contributed by atoms with van der Waals surface area (Å²) in [6, 6.07) is 9.51. The highest BCUT2D eigenvalue weighted by Crippen LogP contribution is 2.52. The van der Waals surface area contributed by atoms with Gasteiger partial charge in [0, 0.05) is 11.8 Å². The normalized spacial score (nSPS) is 29.7. The van der Waals surface area contributed by atoms with E-state index in [1.165, 1.54) is 0 Å². The van der Waals surface area contributed by atoms with Crippen molar-refractivity contribution in [1.82, 2.24) is 5.32 Å². The van der Waals surface area contributed by atoms with Gasteiger partial charge in [0.15, 0.2) is 0 Å². The predicted octanol–water partition coefficient (Wildman–Crippen LogP) is 1.52. The smallest absolute Gasteiger partial charge is 0.330 e. The first-order valence-electron chi connectivity index (χ1n) is 6.24. The lowest BCUT2D eigenvalue weighted by Crippen LogP contribution is -2.45. The van der Waals surface area contributed by atoms with Crippen molar-refractivity contribution < 1.29 is 14.7 Å². The van der Waals surface area contributed by atoms with Crippen LogP contribution >= 0.6 is 0 Å². The number of aliphatic carboxylic acids is 1. The molecule has 0 spiro atoms. The minimum Gasteiger partial charge on any atom is -0.479 e. The monoisotopic (exact) mass is 245 g/mol. The van der Waals surface area contributed by atoms with Crippen LogP contribution in [0.3, 0.4) is 0 Å². The average Bonchev–Trinajstić information content (AvgIpc) is 3.24. The Morgan fingerprint density at radius 3 is 2.44 bits per heavy atom. The van der Waals surface area contributed by atoms with Gasteiger partial charge in [-0.1, -0.05) is 30.3 Å². The van der Waals surface area contributed by atoms with E-state index in [1.54, 1.807) is 0 Å². The number of rotatable bonds is 4. The summed E-state index contributed by atoms with van der Waals surface area (Å²) in [5.41, 5.74) is -0.0860. The van der Waals surface area contributed by atoms with Gasteiger partial charge in [-0.15, -0.1) is 0 Å². The summed E-state index contributed by atoms with van der Waals surface area (Å²) in [7, 11) is 0. The number of carbonyl (C=O) groups is 2. The van der Waals surface area contributed by atoms with Crippen LogP contribution in [0.1, 0.15) is 30.7 Å². The van der Waals surface area contributed by atoms with Gasteiger partial charge >= 0.3 is 5.97 Å². The Hall–Kier alpha value is -1.84. The van der Waals surface area contributed by atoms with Crippen LogP contribution in [-0.4, -0.2) is 22.5 Å². The third kappa shape index (κ3) is 1.78. The van der Waals surface area contributed by atoms with Crippen molar-refractivity contribution in [1.29, 1.82) is 0 Å². The second-order valence-corrected chi connectivity index (χ2v) is 5.21. The van der Waals surface area contributed by atoms with E-state index in [2.05, 4.69) is 5.32 Å². The Kier molecular flexibility index (Phi) is 2.40. The maximum atomic E-state index is 11.8. The Morgan fingerprint density at radius 1 is 1.22 bits per heavy atom. The molecule has 0 radical (unpaired) electrons. The average molecular weight is 245 g/mol. The van der Waals surface area contributed by atoms with Crippen molar-refractivity contribution in [2.45, 2.75) is 30.7 Å². The van der Waals surface area contributed by atoms with Crippen LogP contribution < -0.4 is 5.32 Å². The first-order valence-corrected chi connectivity index (χ1v) is 6.24. The van der Waals surface area contributed by atoms with E-state index in [0.29, 0.717) is 6.42 Å². The van der Waals surface area contributed by atoms with Gasteiger partial charge in [0.2, 0.25) is 5.91 Å². The van der Waals surface area contributed by atoms with Crippen molar-refractivity contribution in [2.24, 2.45) is 5.92 Å². The van der Waals surface area contributed by atoms with E-state index in [1.807, 2.05) is 30.3 Å². The summed E-state index contributed by atoms with van der Waals surface area (Å²) >= 11 is 0. The van der Waals surface area contributed by atoms with Crippen LogP contribution in [0.25, 0.3) is 0 Å². The molecule has 1 aromatic rings. The first kappa shape index (κ1) is 11.3. The first-order chi connectivity index (χ1) is 8.63. The van der Waals surface area contributed by atoms with E-state index in [9.17, 15) is 14.7 Å². The molecule has 0 aliphatic heterocycles. The fraction of sp³-hybridized carbons (Fsp3) is 0.429. The van der Waals surface area contributed by atoms with Crippen molar-refractivity contribution in [3.63, 3.8) is 0 Å². The van der Waals surface area contributed by atoms with Crippen LogP contribution in [-0.2, 0) is 9.59 Å². The van der Waals surface area contributed by atoms with Crippen LogP contribution in [0, 0.1) is 5.92 Å².